The molecule has 3 rings (SSSR count). The number of carbonyl (C=O) groups is 2. The third-order valence-corrected chi connectivity index (χ3v) is 5.90. The Morgan fingerprint density at radius 2 is 1.19 bits per heavy atom. The van der Waals surface area contributed by atoms with Crippen molar-refractivity contribution in [3.8, 4) is 0 Å². The van der Waals surface area contributed by atoms with Gasteiger partial charge in [-0.05, 0) is 60.7 Å². The molecule has 160 valence electrons. The molecule has 0 saturated heterocycles. The first-order valence-electron chi connectivity index (χ1n) is 9.35. The Morgan fingerprint density at radius 3 is 1.71 bits per heavy atom. The van der Waals surface area contributed by atoms with E-state index in [1.165, 1.54) is 24.3 Å². The summed E-state index contributed by atoms with van der Waals surface area (Å²) in [5, 5.41) is 5.91. The predicted octanol–water partition coefficient (Wildman–Crippen LogP) is 3.30. The molecule has 0 saturated carbocycles. The smallest absolute Gasteiger partial charge is 0.261 e. The maximum Gasteiger partial charge on any atom is 0.261 e. The van der Waals surface area contributed by atoms with Gasteiger partial charge < -0.3 is 10.6 Å². The quantitative estimate of drug-likeness (QED) is 0.451. The molecule has 9 heteroatoms. The fraction of sp³-hybridized carbons (Fsp3) is 0.0909. The van der Waals surface area contributed by atoms with E-state index < -0.39 is 10.0 Å². The molecule has 0 aliphatic heterocycles. The number of nitrogens with one attached hydrogen (secondary N) is 3. The Balaban J connectivity index is 1.49. The van der Waals surface area contributed by atoms with Crippen molar-refractivity contribution in [2.75, 3.05) is 17.8 Å². The summed E-state index contributed by atoms with van der Waals surface area (Å²) in [6.45, 7) is 0.453. The summed E-state index contributed by atoms with van der Waals surface area (Å²) < 4.78 is 27.3. The molecule has 0 aromatic heterocycles. The second kappa shape index (κ2) is 10.1. The minimum absolute atomic E-state index is 0.0446. The average Bonchev–Trinajstić information content (AvgIpc) is 2.77. The standard InChI is InChI=1S/C22H20ClN3O4S/c23-18-10-6-16(7-11-18)21(27)24-14-15-25-22(28)17-8-12-20(13-9-17)31(29,30)26-19-4-2-1-3-5-19/h1-13,26H,14-15H2,(H,24,27)(H,25,28). The molecule has 0 fully saturated rings. The first-order valence-corrected chi connectivity index (χ1v) is 11.2. The van der Waals surface area contributed by atoms with Crippen molar-refractivity contribution in [1.29, 1.82) is 0 Å². The van der Waals surface area contributed by atoms with Crippen molar-refractivity contribution in [1.82, 2.24) is 10.6 Å². The zero-order valence-corrected chi connectivity index (χ0v) is 17.9. The molecule has 31 heavy (non-hydrogen) atoms. The monoisotopic (exact) mass is 457 g/mol. The van der Waals surface area contributed by atoms with Gasteiger partial charge >= 0.3 is 0 Å². The number of halogens is 1. The van der Waals surface area contributed by atoms with E-state index in [4.69, 9.17) is 11.6 Å². The molecule has 2 amide bonds. The van der Waals surface area contributed by atoms with E-state index in [0.29, 0.717) is 21.8 Å². The number of hydrogen-bond donors (Lipinski definition) is 3. The van der Waals surface area contributed by atoms with Gasteiger partial charge in [0, 0.05) is 34.9 Å². The second-order valence-electron chi connectivity index (χ2n) is 6.51. The molecule has 3 N–H and O–H groups in total. The normalized spacial score (nSPS) is 10.9. The van der Waals surface area contributed by atoms with Crippen LogP contribution in [0.4, 0.5) is 5.69 Å². The van der Waals surface area contributed by atoms with E-state index in [9.17, 15) is 18.0 Å². The van der Waals surface area contributed by atoms with Crippen molar-refractivity contribution in [2.45, 2.75) is 4.90 Å². The van der Waals surface area contributed by atoms with Crippen LogP contribution < -0.4 is 15.4 Å². The largest absolute Gasteiger partial charge is 0.350 e. The van der Waals surface area contributed by atoms with Gasteiger partial charge in [-0.1, -0.05) is 29.8 Å². The number of carbonyl (C=O) groups excluding carboxylic acids is 2. The molecule has 0 aliphatic rings. The molecular formula is C22H20ClN3O4S. The molecular weight excluding hydrogens is 438 g/mol. The van der Waals surface area contributed by atoms with Gasteiger partial charge in [0.1, 0.15) is 0 Å². The summed E-state index contributed by atoms with van der Waals surface area (Å²) in [5.41, 5.74) is 1.23. The molecule has 0 atom stereocenters. The summed E-state index contributed by atoms with van der Waals surface area (Å²) in [6, 6.07) is 20.6. The van der Waals surface area contributed by atoms with Crippen molar-refractivity contribution < 1.29 is 18.0 Å². The van der Waals surface area contributed by atoms with Crippen LogP contribution in [0, 0.1) is 0 Å². The van der Waals surface area contributed by atoms with E-state index >= 15 is 0 Å². The summed E-state index contributed by atoms with van der Waals surface area (Å²) in [5.74, 6) is -0.646. The Morgan fingerprint density at radius 1 is 0.710 bits per heavy atom. The van der Waals surface area contributed by atoms with E-state index in [0.717, 1.165) is 0 Å². The van der Waals surface area contributed by atoms with Crippen LogP contribution in [-0.4, -0.2) is 33.3 Å². The lowest BCUT2D eigenvalue weighted by Gasteiger charge is -2.09. The number of rotatable bonds is 8. The van der Waals surface area contributed by atoms with Gasteiger partial charge in [-0.15, -0.1) is 0 Å². The van der Waals surface area contributed by atoms with Gasteiger partial charge in [0.25, 0.3) is 21.8 Å². The van der Waals surface area contributed by atoms with Crippen molar-refractivity contribution in [3.63, 3.8) is 0 Å². The number of para-hydroxylation sites is 1. The van der Waals surface area contributed by atoms with E-state index in [1.807, 2.05) is 0 Å². The van der Waals surface area contributed by atoms with Crippen LogP contribution in [-0.2, 0) is 10.0 Å². The minimum atomic E-state index is -3.75. The van der Waals surface area contributed by atoms with Crippen molar-refractivity contribution in [3.05, 3.63) is 95.0 Å². The van der Waals surface area contributed by atoms with Gasteiger partial charge in [0.2, 0.25) is 0 Å². The molecule has 0 unspecified atom stereocenters. The zero-order valence-electron chi connectivity index (χ0n) is 16.3. The number of sulfonamides is 1. The lowest BCUT2D eigenvalue weighted by Crippen LogP contribution is -2.34. The summed E-state index contributed by atoms with van der Waals surface area (Å²) in [7, 11) is -3.75. The highest BCUT2D eigenvalue weighted by Crippen LogP contribution is 2.16. The van der Waals surface area contributed by atoms with Gasteiger partial charge in [0.15, 0.2) is 0 Å². The van der Waals surface area contributed by atoms with Crippen LogP contribution in [0.2, 0.25) is 5.02 Å². The van der Waals surface area contributed by atoms with Crippen LogP contribution >= 0.6 is 11.6 Å². The molecule has 0 aliphatic carbocycles. The van der Waals surface area contributed by atoms with Gasteiger partial charge in [0.05, 0.1) is 4.90 Å². The third-order valence-electron chi connectivity index (χ3n) is 4.26. The summed E-state index contributed by atoms with van der Waals surface area (Å²) in [6.07, 6.45) is 0. The van der Waals surface area contributed by atoms with Crippen LogP contribution in [0.3, 0.4) is 0 Å². The third kappa shape index (κ3) is 6.31. The second-order valence-corrected chi connectivity index (χ2v) is 8.63. The highest BCUT2D eigenvalue weighted by Gasteiger charge is 2.15. The molecule has 7 nitrogen and oxygen atoms in total. The topological polar surface area (TPSA) is 104 Å². The van der Waals surface area contributed by atoms with E-state index in [-0.39, 0.29) is 29.8 Å². The van der Waals surface area contributed by atoms with Gasteiger partial charge in [-0.2, -0.15) is 0 Å². The number of hydrogen-bond acceptors (Lipinski definition) is 4. The highest BCUT2D eigenvalue weighted by atomic mass is 35.5. The summed E-state index contributed by atoms with van der Waals surface area (Å²) in [4.78, 5) is 24.3. The molecule has 0 spiro atoms. The lowest BCUT2D eigenvalue weighted by atomic mass is 10.2. The van der Waals surface area contributed by atoms with Crippen molar-refractivity contribution >= 4 is 39.1 Å². The molecule has 3 aromatic carbocycles. The minimum Gasteiger partial charge on any atom is -0.350 e. The van der Waals surface area contributed by atoms with Crippen LogP contribution in [0.25, 0.3) is 0 Å². The first kappa shape index (κ1) is 22.3. The number of anilines is 1. The first-order chi connectivity index (χ1) is 14.8. The SMILES string of the molecule is O=C(NCCNC(=O)c1ccc(S(=O)(=O)Nc2ccccc2)cc1)c1ccc(Cl)cc1. The molecule has 0 bridgehead atoms. The lowest BCUT2D eigenvalue weighted by molar-refractivity contribution is 0.0927. The Bertz CT molecular complexity index is 1150. The van der Waals surface area contributed by atoms with Crippen LogP contribution in [0.15, 0.2) is 83.8 Å². The average molecular weight is 458 g/mol. The van der Waals surface area contributed by atoms with Gasteiger partial charge in [-0.25, -0.2) is 8.42 Å². The fourth-order valence-electron chi connectivity index (χ4n) is 2.66. The highest BCUT2D eigenvalue weighted by molar-refractivity contribution is 7.92. The van der Waals surface area contributed by atoms with Crippen LogP contribution in [0.5, 0.6) is 0 Å². The fourth-order valence-corrected chi connectivity index (χ4v) is 3.85. The molecule has 0 heterocycles. The van der Waals surface area contributed by atoms with E-state index in [1.54, 1.807) is 54.6 Å². The molecule has 3 aromatic rings. The Kier molecular flexibility index (Phi) is 7.28. The van der Waals surface area contributed by atoms with E-state index in [2.05, 4.69) is 15.4 Å². The summed E-state index contributed by atoms with van der Waals surface area (Å²) >= 11 is 5.79. The van der Waals surface area contributed by atoms with Gasteiger partial charge in [-0.3, -0.25) is 14.3 Å². The number of amides is 2. The number of benzene rings is 3. The maximum atomic E-state index is 12.4. The van der Waals surface area contributed by atoms with Crippen LogP contribution in [0.1, 0.15) is 20.7 Å². The Labute approximate surface area is 185 Å². The molecule has 0 radical (unpaired) electrons. The maximum absolute atomic E-state index is 12.4. The Hall–Kier alpha value is -3.36. The predicted molar refractivity (Wildman–Crippen MR) is 120 cm³/mol. The zero-order chi connectivity index (χ0) is 22.3. The van der Waals surface area contributed by atoms with Crippen molar-refractivity contribution in [2.24, 2.45) is 0 Å².